The number of ether oxygens (including phenoxy) is 4. The van der Waals surface area contributed by atoms with Crippen LogP contribution in [0.1, 0.15) is 48.5 Å². The van der Waals surface area contributed by atoms with Gasteiger partial charge in [0, 0.05) is 0 Å². The van der Waals surface area contributed by atoms with Crippen LogP contribution in [0.15, 0.2) is 0 Å². The molecular formula is C18H34O6Si. The number of hydrogen-bond acceptors (Lipinski definition) is 6. The van der Waals surface area contributed by atoms with E-state index in [1.165, 1.54) is 0 Å². The minimum Gasteiger partial charge on any atom is -0.408 e. The summed E-state index contributed by atoms with van der Waals surface area (Å²) in [5.74, 6) is -1.53. The molecule has 2 saturated heterocycles. The van der Waals surface area contributed by atoms with Crippen molar-refractivity contribution in [3.05, 3.63) is 0 Å². The van der Waals surface area contributed by atoms with Gasteiger partial charge in [-0.25, -0.2) is 0 Å². The normalized spacial score (nSPS) is 43.0. The average Bonchev–Trinajstić information content (AvgIpc) is 2.89. The molecule has 0 spiro atoms. The molecule has 3 aliphatic rings. The van der Waals surface area contributed by atoms with Gasteiger partial charge in [-0.15, -0.1) is 0 Å². The lowest BCUT2D eigenvalue weighted by Gasteiger charge is -2.46. The summed E-state index contributed by atoms with van der Waals surface area (Å²) < 4.78 is 31.0. The Morgan fingerprint density at radius 1 is 0.800 bits per heavy atom. The maximum absolute atomic E-state index is 10.8. The van der Waals surface area contributed by atoms with Crippen molar-refractivity contribution in [2.24, 2.45) is 0 Å². The van der Waals surface area contributed by atoms with Gasteiger partial charge in [-0.2, -0.15) is 0 Å². The summed E-state index contributed by atoms with van der Waals surface area (Å²) in [4.78, 5) is 0. The van der Waals surface area contributed by atoms with E-state index in [0.717, 1.165) is 0 Å². The Bertz CT molecular complexity index is 494. The van der Waals surface area contributed by atoms with Crippen LogP contribution in [0.2, 0.25) is 18.1 Å². The van der Waals surface area contributed by atoms with Crippen molar-refractivity contribution in [1.29, 1.82) is 0 Å². The van der Waals surface area contributed by atoms with Gasteiger partial charge in [-0.3, -0.25) is 0 Å². The number of rotatable bonds is 2. The van der Waals surface area contributed by atoms with Crippen LogP contribution in [0.5, 0.6) is 0 Å². The summed E-state index contributed by atoms with van der Waals surface area (Å²) in [6, 6.07) is 0. The second-order valence-corrected chi connectivity index (χ2v) is 14.7. The van der Waals surface area contributed by atoms with Crippen LogP contribution in [0.25, 0.3) is 0 Å². The predicted molar refractivity (Wildman–Crippen MR) is 95.7 cm³/mol. The van der Waals surface area contributed by atoms with Crippen molar-refractivity contribution in [1.82, 2.24) is 0 Å². The Hall–Kier alpha value is -0.0231. The third-order valence-electron chi connectivity index (χ3n) is 5.88. The highest BCUT2D eigenvalue weighted by atomic mass is 28.4. The van der Waals surface area contributed by atoms with E-state index < -0.39 is 38.2 Å². The van der Waals surface area contributed by atoms with E-state index in [9.17, 15) is 5.11 Å². The fourth-order valence-corrected chi connectivity index (χ4v) is 5.00. The smallest absolute Gasteiger partial charge is 0.192 e. The van der Waals surface area contributed by atoms with Crippen LogP contribution < -0.4 is 0 Å². The highest BCUT2D eigenvalue weighted by Crippen LogP contribution is 2.47. The van der Waals surface area contributed by atoms with Gasteiger partial charge in [-0.05, 0) is 45.8 Å². The zero-order chi connectivity index (χ0) is 19.0. The highest BCUT2D eigenvalue weighted by Gasteiger charge is 2.64. The van der Waals surface area contributed by atoms with Gasteiger partial charge >= 0.3 is 0 Å². The third kappa shape index (κ3) is 3.45. The first kappa shape index (κ1) is 19.7. The molecule has 2 heterocycles. The van der Waals surface area contributed by atoms with Crippen molar-refractivity contribution >= 4 is 8.32 Å². The van der Waals surface area contributed by atoms with Gasteiger partial charge in [-0.1, -0.05) is 20.8 Å². The minimum absolute atomic E-state index is 0.0536. The minimum atomic E-state index is -2.08. The first-order valence-electron chi connectivity index (χ1n) is 9.21. The SMILES string of the molecule is CC1(C)O[C@@H]2C(O)[C@@H]3OC(C)(C)O[C@H]3C(O[Si](C)(C)C(C)(C)C)[C@H]2O1. The van der Waals surface area contributed by atoms with Crippen molar-refractivity contribution in [3.8, 4) is 0 Å². The monoisotopic (exact) mass is 374 g/mol. The Kier molecular flexibility index (Phi) is 4.53. The maximum atomic E-state index is 10.8. The lowest BCUT2D eigenvalue weighted by molar-refractivity contribution is -0.182. The van der Waals surface area contributed by atoms with E-state index in [2.05, 4.69) is 33.9 Å². The second kappa shape index (κ2) is 5.74. The first-order valence-corrected chi connectivity index (χ1v) is 12.1. The molecule has 25 heavy (non-hydrogen) atoms. The molecule has 1 N–H and O–H groups in total. The molecule has 6 nitrogen and oxygen atoms in total. The van der Waals surface area contributed by atoms with Crippen LogP contribution >= 0.6 is 0 Å². The van der Waals surface area contributed by atoms with Gasteiger partial charge in [0.1, 0.15) is 36.6 Å². The Labute approximate surface area is 152 Å². The Morgan fingerprint density at radius 2 is 1.16 bits per heavy atom. The molecule has 1 aliphatic carbocycles. The van der Waals surface area contributed by atoms with Gasteiger partial charge in [0.25, 0.3) is 0 Å². The molecule has 0 amide bonds. The number of fused-ring (bicyclic) bond motifs is 2. The standard InChI is InChI=1S/C18H34O6Si/c1-16(2,3)25(8,9)24-15-13-11(20-17(4,5)22-13)10(19)12-14(15)23-18(6,7)21-12/h10-15,19H,1-9H3/t10?,11-,12+,13+,14-,15?. The zero-order valence-corrected chi connectivity index (χ0v) is 18.0. The van der Waals surface area contributed by atoms with Crippen LogP contribution in [0, 0.1) is 0 Å². The molecule has 7 heteroatoms. The van der Waals surface area contributed by atoms with E-state index in [4.69, 9.17) is 23.4 Å². The van der Waals surface area contributed by atoms with Gasteiger partial charge in [0.15, 0.2) is 19.9 Å². The van der Waals surface area contributed by atoms with Crippen LogP contribution in [0.3, 0.4) is 0 Å². The molecular weight excluding hydrogens is 340 g/mol. The molecule has 146 valence electrons. The van der Waals surface area contributed by atoms with E-state index >= 15 is 0 Å². The first-order chi connectivity index (χ1) is 11.1. The van der Waals surface area contributed by atoms with Crippen molar-refractivity contribution in [2.45, 2.75) is 115 Å². The van der Waals surface area contributed by atoms with Crippen LogP contribution in [-0.2, 0) is 23.4 Å². The van der Waals surface area contributed by atoms with Crippen molar-refractivity contribution in [3.63, 3.8) is 0 Å². The van der Waals surface area contributed by atoms with E-state index in [1.807, 2.05) is 27.7 Å². The van der Waals surface area contributed by atoms with Crippen molar-refractivity contribution in [2.75, 3.05) is 0 Å². The Balaban J connectivity index is 1.95. The molecule has 3 fully saturated rings. The summed E-state index contributed by atoms with van der Waals surface area (Å²) in [6.45, 7) is 18.5. The van der Waals surface area contributed by atoms with Gasteiger partial charge in [0.2, 0.25) is 0 Å². The molecule has 1 saturated carbocycles. The number of aliphatic hydroxyl groups excluding tert-OH is 1. The van der Waals surface area contributed by atoms with Crippen molar-refractivity contribution < 1.29 is 28.5 Å². The summed E-state index contributed by atoms with van der Waals surface area (Å²) in [5.41, 5.74) is 0. The highest BCUT2D eigenvalue weighted by molar-refractivity contribution is 6.74. The largest absolute Gasteiger partial charge is 0.408 e. The van der Waals surface area contributed by atoms with E-state index in [0.29, 0.717) is 0 Å². The third-order valence-corrected chi connectivity index (χ3v) is 10.4. The van der Waals surface area contributed by atoms with Gasteiger partial charge < -0.3 is 28.5 Å². The number of hydrogen-bond donors (Lipinski definition) is 1. The lowest BCUT2D eigenvalue weighted by Crippen LogP contribution is -2.64. The maximum Gasteiger partial charge on any atom is 0.192 e. The predicted octanol–water partition coefficient (Wildman–Crippen LogP) is 2.79. The molecule has 0 radical (unpaired) electrons. The molecule has 2 unspecified atom stereocenters. The molecule has 2 aliphatic heterocycles. The molecule has 6 atom stereocenters. The Morgan fingerprint density at radius 3 is 1.52 bits per heavy atom. The van der Waals surface area contributed by atoms with E-state index in [1.54, 1.807) is 0 Å². The molecule has 3 rings (SSSR count). The van der Waals surface area contributed by atoms with Gasteiger partial charge in [0.05, 0.1) is 0 Å². The zero-order valence-electron chi connectivity index (χ0n) is 17.0. The average molecular weight is 375 g/mol. The topological polar surface area (TPSA) is 66.4 Å². The quantitative estimate of drug-likeness (QED) is 0.750. The van der Waals surface area contributed by atoms with Crippen LogP contribution in [-0.4, -0.2) is 61.6 Å². The number of aliphatic hydroxyl groups is 1. The summed E-state index contributed by atoms with van der Waals surface area (Å²) >= 11 is 0. The second-order valence-electron chi connectivity index (χ2n) is 9.96. The molecule has 0 aromatic carbocycles. The molecule has 0 aromatic rings. The molecule has 0 aromatic heterocycles. The lowest BCUT2D eigenvalue weighted by atomic mass is 9.85. The van der Waals surface area contributed by atoms with Crippen LogP contribution in [0.4, 0.5) is 0 Å². The van der Waals surface area contributed by atoms with E-state index in [-0.39, 0.29) is 23.4 Å². The fourth-order valence-electron chi connectivity index (χ4n) is 3.70. The fraction of sp³-hybridized carbons (Fsp3) is 1.00. The summed E-state index contributed by atoms with van der Waals surface area (Å²) in [5, 5.41) is 10.9. The summed E-state index contributed by atoms with van der Waals surface area (Å²) in [6.07, 6.45) is -2.86. The molecule has 0 bridgehead atoms. The summed E-state index contributed by atoms with van der Waals surface area (Å²) in [7, 11) is -2.08.